The van der Waals surface area contributed by atoms with E-state index in [1.807, 2.05) is 0 Å². The molecular formula is C21H25N5OS. The molecule has 0 spiro atoms. The number of carbonyl (C=O) groups is 1. The Morgan fingerprint density at radius 1 is 1.14 bits per heavy atom. The van der Waals surface area contributed by atoms with E-state index in [1.54, 1.807) is 12.3 Å². The van der Waals surface area contributed by atoms with E-state index in [0.717, 1.165) is 24.8 Å². The van der Waals surface area contributed by atoms with Gasteiger partial charge < -0.3 is 5.32 Å². The molecule has 1 unspecified atom stereocenters. The van der Waals surface area contributed by atoms with Crippen LogP contribution in [0, 0.1) is 6.92 Å². The quantitative estimate of drug-likeness (QED) is 0.713. The van der Waals surface area contributed by atoms with E-state index in [1.165, 1.54) is 36.8 Å². The third-order valence-electron chi connectivity index (χ3n) is 5.38. The van der Waals surface area contributed by atoms with Crippen molar-refractivity contribution in [3.8, 4) is 0 Å². The molecule has 3 heterocycles. The Balaban J connectivity index is 1.50. The van der Waals surface area contributed by atoms with E-state index in [9.17, 15) is 4.79 Å². The molecule has 146 valence electrons. The standard InChI is InChI=1S/C21H25N5OS/c1-15-6-8-16(9-7-15)19(26-10-4-2-3-5-11-26)14-23-21(27)17-12-18-20(22-13-17)25-28-24-18/h6-9,12-13,19H,2-5,10-11,14H2,1H3,(H,23,27). The number of nitrogens with one attached hydrogen (secondary N) is 1. The second-order valence-corrected chi connectivity index (χ2v) is 7.95. The van der Waals surface area contributed by atoms with Gasteiger partial charge in [-0.1, -0.05) is 42.7 Å². The van der Waals surface area contributed by atoms with Crippen LogP contribution in [0.2, 0.25) is 0 Å². The van der Waals surface area contributed by atoms with Crippen molar-refractivity contribution in [1.82, 2.24) is 23.9 Å². The predicted molar refractivity (Wildman–Crippen MR) is 112 cm³/mol. The van der Waals surface area contributed by atoms with Crippen molar-refractivity contribution in [3.05, 3.63) is 53.2 Å². The van der Waals surface area contributed by atoms with Crippen LogP contribution < -0.4 is 5.32 Å². The van der Waals surface area contributed by atoms with Crippen LogP contribution in [0.4, 0.5) is 0 Å². The second kappa shape index (κ2) is 8.75. The maximum absolute atomic E-state index is 12.7. The molecule has 1 aliphatic heterocycles. The van der Waals surface area contributed by atoms with Crippen molar-refractivity contribution in [2.45, 2.75) is 38.6 Å². The lowest BCUT2D eigenvalue weighted by atomic mass is 10.0. The topological polar surface area (TPSA) is 71.0 Å². The van der Waals surface area contributed by atoms with Crippen molar-refractivity contribution in [1.29, 1.82) is 0 Å². The highest BCUT2D eigenvalue weighted by atomic mass is 32.1. The van der Waals surface area contributed by atoms with Crippen LogP contribution in [0.15, 0.2) is 36.5 Å². The zero-order valence-corrected chi connectivity index (χ0v) is 16.9. The Morgan fingerprint density at radius 3 is 2.64 bits per heavy atom. The van der Waals surface area contributed by atoms with E-state index in [4.69, 9.17) is 0 Å². The first-order valence-corrected chi connectivity index (χ1v) is 10.6. The van der Waals surface area contributed by atoms with E-state index in [2.05, 4.69) is 55.1 Å². The molecule has 0 bridgehead atoms. The van der Waals surface area contributed by atoms with Gasteiger partial charge in [-0.25, -0.2) is 4.98 Å². The van der Waals surface area contributed by atoms with Crippen molar-refractivity contribution < 1.29 is 4.79 Å². The number of amides is 1. The summed E-state index contributed by atoms with van der Waals surface area (Å²) in [6, 6.07) is 10.6. The lowest BCUT2D eigenvalue weighted by molar-refractivity contribution is 0.0933. The monoisotopic (exact) mass is 395 g/mol. The summed E-state index contributed by atoms with van der Waals surface area (Å²) in [6.45, 7) is 4.83. The molecular weight excluding hydrogens is 370 g/mol. The molecule has 1 saturated heterocycles. The molecule has 1 aromatic carbocycles. The fourth-order valence-electron chi connectivity index (χ4n) is 3.76. The molecule has 6 nitrogen and oxygen atoms in total. The maximum Gasteiger partial charge on any atom is 0.252 e. The number of likely N-dealkylation sites (tertiary alicyclic amines) is 1. The van der Waals surface area contributed by atoms with Crippen LogP contribution in [0.1, 0.15) is 53.2 Å². The third kappa shape index (κ3) is 4.36. The van der Waals surface area contributed by atoms with Crippen LogP contribution >= 0.6 is 11.7 Å². The molecule has 1 atom stereocenters. The first-order chi connectivity index (χ1) is 13.7. The van der Waals surface area contributed by atoms with Gasteiger partial charge in [0.1, 0.15) is 5.52 Å². The number of hydrogen-bond acceptors (Lipinski definition) is 6. The number of rotatable bonds is 5. The van der Waals surface area contributed by atoms with E-state index in [0.29, 0.717) is 23.3 Å². The van der Waals surface area contributed by atoms with Crippen LogP contribution in [0.3, 0.4) is 0 Å². The van der Waals surface area contributed by atoms with Gasteiger partial charge in [-0.3, -0.25) is 9.69 Å². The number of aromatic nitrogens is 3. The molecule has 0 radical (unpaired) electrons. The Morgan fingerprint density at radius 2 is 1.89 bits per heavy atom. The van der Waals surface area contributed by atoms with Crippen molar-refractivity contribution in [2.75, 3.05) is 19.6 Å². The molecule has 1 N–H and O–H groups in total. The van der Waals surface area contributed by atoms with Gasteiger partial charge in [0.2, 0.25) is 0 Å². The summed E-state index contributed by atoms with van der Waals surface area (Å²) in [6.07, 6.45) is 6.58. The lowest BCUT2D eigenvalue weighted by Gasteiger charge is -2.31. The van der Waals surface area contributed by atoms with Gasteiger partial charge in [0.15, 0.2) is 5.65 Å². The Labute approximate surface area is 169 Å². The summed E-state index contributed by atoms with van der Waals surface area (Å²) in [5.74, 6) is -0.116. The van der Waals surface area contributed by atoms with Crippen molar-refractivity contribution >= 4 is 28.8 Å². The molecule has 1 fully saturated rings. The largest absolute Gasteiger partial charge is 0.350 e. The Hall–Kier alpha value is -2.38. The van der Waals surface area contributed by atoms with E-state index < -0.39 is 0 Å². The molecule has 0 aliphatic carbocycles. The molecule has 1 amide bonds. The Bertz CT molecular complexity index is 931. The predicted octanol–water partition coefficient (Wildman–Crippen LogP) is 3.74. The van der Waals surface area contributed by atoms with Gasteiger partial charge in [0.05, 0.1) is 23.3 Å². The minimum Gasteiger partial charge on any atom is -0.350 e. The molecule has 4 rings (SSSR count). The highest BCUT2D eigenvalue weighted by molar-refractivity contribution is 7.00. The summed E-state index contributed by atoms with van der Waals surface area (Å²) in [4.78, 5) is 19.5. The zero-order valence-electron chi connectivity index (χ0n) is 16.1. The summed E-state index contributed by atoms with van der Waals surface area (Å²) >= 11 is 1.11. The molecule has 0 saturated carbocycles. The fraction of sp³-hybridized carbons (Fsp3) is 0.429. The van der Waals surface area contributed by atoms with Gasteiger partial charge in [-0.05, 0) is 44.5 Å². The van der Waals surface area contributed by atoms with Gasteiger partial charge in [-0.15, -0.1) is 0 Å². The van der Waals surface area contributed by atoms with Gasteiger partial charge in [0, 0.05) is 12.7 Å². The summed E-state index contributed by atoms with van der Waals surface area (Å²) < 4.78 is 8.27. The minimum atomic E-state index is -0.116. The maximum atomic E-state index is 12.7. The minimum absolute atomic E-state index is 0.116. The molecule has 7 heteroatoms. The lowest BCUT2D eigenvalue weighted by Crippen LogP contribution is -2.38. The summed E-state index contributed by atoms with van der Waals surface area (Å²) in [7, 11) is 0. The number of nitrogens with zero attached hydrogens (tertiary/aromatic N) is 4. The first-order valence-electron chi connectivity index (χ1n) is 9.88. The highest BCUT2D eigenvalue weighted by Gasteiger charge is 2.22. The van der Waals surface area contributed by atoms with Gasteiger partial charge >= 0.3 is 0 Å². The van der Waals surface area contributed by atoms with Crippen LogP contribution in [-0.2, 0) is 0 Å². The van der Waals surface area contributed by atoms with Gasteiger partial charge in [0.25, 0.3) is 5.91 Å². The molecule has 28 heavy (non-hydrogen) atoms. The van der Waals surface area contributed by atoms with Crippen molar-refractivity contribution in [2.24, 2.45) is 0 Å². The van der Waals surface area contributed by atoms with E-state index >= 15 is 0 Å². The van der Waals surface area contributed by atoms with Crippen LogP contribution in [0.25, 0.3) is 11.2 Å². The number of aryl methyl sites for hydroxylation is 1. The van der Waals surface area contributed by atoms with Crippen LogP contribution in [-0.4, -0.2) is 44.2 Å². The average Bonchev–Trinajstić information content (AvgIpc) is 3.02. The summed E-state index contributed by atoms with van der Waals surface area (Å²) in [5.41, 5.74) is 4.28. The smallest absolute Gasteiger partial charge is 0.252 e. The highest BCUT2D eigenvalue weighted by Crippen LogP contribution is 2.24. The van der Waals surface area contributed by atoms with E-state index in [-0.39, 0.29) is 11.9 Å². The van der Waals surface area contributed by atoms with Crippen molar-refractivity contribution in [3.63, 3.8) is 0 Å². The second-order valence-electron chi connectivity index (χ2n) is 7.42. The average molecular weight is 396 g/mol. The number of hydrogen-bond donors (Lipinski definition) is 1. The molecule has 2 aromatic heterocycles. The number of pyridine rings is 1. The SMILES string of the molecule is Cc1ccc(C(CNC(=O)c2cnc3nsnc3c2)N2CCCCCC2)cc1. The fourth-order valence-corrected chi connectivity index (χ4v) is 4.24. The molecule has 1 aliphatic rings. The number of benzene rings is 1. The third-order valence-corrected chi connectivity index (χ3v) is 5.91. The molecule has 3 aromatic rings. The zero-order chi connectivity index (χ0) is 19.3. The summed E-state index contributed by atoms with van der Waals surface area (Å²) in [5, 5.41) is 3.12. The van der Waals surface area contributed by atoms with Crippen LogP contribution in [0.5, 0.6) is 0 Å². The first kappa shape index (κ1) is 19.0. The Kier molecular flexibility index (Phi) is 5.92. The number of fused-ring (bicyclic) bond motifs is 1. The number of carbonyl (C=O) groups excluding carboxylic acids is 1. The van der Waals surface area contributed by atoms with Gasteiger partial charge in [-0.2, -0.15) is 8.75 Å². The normalized spacial score (nSPS) is 16.6.